The van der Waals surface area contributed by atoms with Crippen molar-refractivity contribution in [2.45, 2.75) is 26.7 Å². The summed E-state index contributed by atoms with van der Waals surface area (Å²) in [5.74, 6) is 2.11. The summed E-state index contributed by atoms with van der Waals surface area (Å²) in [7, 11) is 0. The molecule has 0 radical (unpaired) electrons. The number of hydrogen-bond donors (Lipinski definition) is 0. The Labute approximate surface area is 127 Å². The fraction of sp³-hybridized carbons (Fsp3) is 0.267. The van der Waals surface area contributed by atoms with Gasteiger partial charge in [-0.25, -0.2) is 0 Å². The van der Waals surface area contributed by atoms with Crippen molar-refractivity contribution < 1.29 is 4.74 Å². The number of fused-ring (bicyclic) bond motifs is 1. The Morgan fingerprint density at radius 3 is 2.81 bits per heavy atom. The third kappa shape index (κ3) is 2.69. The zero-order chi connectivity index (χ0) is 15.0. The highest BCUT2D eigenvalue weighted by Gasteiger charge is 2.11. The third-order valence-electron chi connectivity index (χ3n) is 3.28. The van der Waals surface area contributed by atoms with Gasteiger partial charge in [-0.05, 0) is 30.0 Å². The van der Waals surface area contributed by atoms with Crippen LogP contribution in [0.5, 0.6) is 11.6 Å². The maximum absolute atomic E-state index is 6.00. The van der Waals surface area contributed by atoms with E-state index >= 15 is 0 Å². The van der Waals surface area contributed by atoms with Crippen molar-refractivity contribution in [2.75, 3.05) is 0 Å². The standard InChI is InChI=1S/C15H15ClN4O/c1-9(2)11-5-4-10(3)12(6-11)21-14-7-13(16)19-15-17-8-18-20(14)15/h4-9H,1-3H3. The molecule has 0 saturated carbocycles. The summed E-state index contributed by atoms with van der Waals surface area (Å²) in [5.41, 5.74) is 2.26. The lowest BCUT2D eigenvalue weighted by Crippen LogP contribution is -1.99. The first-order valence-corrected chi connectivity index (χ1v) is 7.07. The minimum absolute atomic E-state index is 0.322. The van der Waals surface area contributed by atoms with E-state index in [0.29, 0.717) is 22.7 Å². The molecule has 0 fully saturated rings. The van der Waals surface area contributed by atoms with E-state index in [1.54, 1.807) is 6.07 Å². The van der Waals surface area contributed by atoms with E-state index in [4.69, 9.17) is 16.3 Å². The maximum Gasteiger partial charge on any atom is 0.256 e. The molecule has 2 heterocycles. The number of aryl methyl sites for hydroxylation is 1. The van der Waals surface area contributed by atoms with Crippen molar-refractivity contribution in [2.24, 2.45) is 0 Å². The number of halogens is 1. The predicted molar refractivity (Wildman–Crippen MR) is 81.1 cm³/mol. The molecule has 0 atom stereocenters. The van der Waals surface area contributed by atoms with Gasteiger partial charge in [-0.3, -0.25) is 0 Å². The molecule has 0 amide bonds. The average Bonchev–Trinajstić information content (AvgIpc) is 2.89. The van der Waals surface area contributed by atoms with Crippen LogP contribution in [0.2, 0.25) is 5.15 Å². The molecule has 21 heavy (non-hydrogen) atoms. The molecule has 0 spiro atoms. The Balaban J connectivity index is 2.06. The van der Waals surface area contributed by atoms with Gasteiger partial charge in [0.2, 0.25) is 5.88 Å². The lowest BCUT2D eigenvalue weighted by molar-refractivity contribution is 0.442. The number of rotatable bonds is 3. The molecule has 6 heteroatoms. The van der Waals surface area contributed by atoms with Gasteiger partial charge in [0.15, 0.2) is 0 Å². The highest BCUT2D eigenvalue weighted by Crippen LogP contribution is 2.29. The topological polar surface area (TPSA) is 52.3 Å². The van der Waals surface area contributed by atoms with Crippen molar-refractivity contribution in [3.8, 4) is 11.6 Å². The largest absolute Gasteiger partial charge is 0.438 e. The van der Waals surface area contributed by atoms with E-state index < -0.39 is 0 Å². The average molecular weight is 303 g/mol. The Kier molecular flexibility index (Phi) is 3.51. The fourth-order valence-corrected chi connectivity index (χ4v) is 2.20. The van der Waals surface area contributed by atoms with E-state index in [1.165, 1.54) is 16.4 Å². The van der Waals surface area contributed by atoms with Crippen molar-refractivity contribution >= 4 is 17.4 Å². The van der Waals surface area contributed by atoms with Gasteiger partial charge in [0.05, 0.1) is 0 Å². The number of aromatic nitrogens is 4. The second-order valence-corrected chi connectivity index (χ2v) is 5.56. The Morgan fingerprint density at radius 2 is 2.05 bits per heavy atom. The number of ether oxygens (including phenoxy) is 1. The molecule has 0 aliphatic heterocycles. The zero-order valence-electron chi connectivity index (χ0n) is 12.0. The van der Waals surface area contributed by atoms with Gasteiger partial charge in [0, 0.05) is 6.07 Å². The molecule has 1 aromatic carbocycles. The molecule has 108 valence electrons. The molecule has 0 bridgehead atoms. The summed E-state index contributed by atoms with van der Waals surface area (Å²) in [6.45, 7) is 6.29. The molecule has 3 aromatic rings. The van der Waals surface area contributed by atoms with Gasteiger partial charge in [-0.1, -0.05) is 37.6 Å². The molecule has 2 aromatic heterocycles. The van der Waals surface area contributed by atoms with E-state index in [2.05, 4.69) is 35.0 Å². The molecule has 5 nitrogen and oxygen atoms in total. The van der Waals surface area contributed by atoms with Crippen molar-refractivity contribution in [1.82, 2.24) is 19.6 Å². The van der Waals surface area contributed by atoms with Gasteiger partial charge in [-0.2, -0.15) is 19.6 Å². The summed E-state index contributed by atoms with van der Waals surface area (Å²) < 4.78 is 7.51. The molecule has 0 saturated heterocycles. The molecular formula is C15H15ClN4O. The number of nitrogens with zero attached hydrogens (tertiary/aromatic N) is 4. The predicted octanol–water partition coefficient (Wildman–Crippen LogP) is 4.00. The van der Waals surface area contributed by atoms with Crippen LogP contribution in [0.15, 0.2) is 30.6 Å². The lowest BCUT2D eigenvalue weighted by atomic mass is 10.0. The fourth-order valence-electron chi connectivity index (χ4n) is 2.03. The van der Waals surface area contributed by atoms with Gasteiger partial charge in [0.1, 0.15) is 17.2 Å². The molecule has 3 rings (SSSR count). The zero-order valence-corrected chi connectivity index (χ0v) is 12.8. The maximum atomic E-state index is 6.00. The van der Waals surface area contributed by atoms with Gasteiger partial charge in [0.25, 0.3) is 5.78 Å². The van der Waals surface area contributed by atoms with Crippen LogP contribution < -0.4 is 4.74 Å². The van der Waals surface area contributed by atoms with Crippen LogP contribution in [-0.2, 0) is 0 Å². The van der Waals surface area contributed by atoms with Crippen molar-refractivity contribution in [1.29, 1.82) is 0 Å². The molecule has 0 N–H and O–H groups in total. The van der Waals surface area contributed by atoms with E-state index in [0.717, 1.165) is 11.3 Å². The van der Waals surface area contributed by atoms with Crippen LogP contribution in [-0.4, -0.2) is 19.6 Å². The first kappa shape index (κ1) is 13.8. The van der Waals surface area contributed by atoms with Crippen molar-refractivity contribution in [3.63, 3.8) is 0 Å². The number of hydrogen-bond acceptors (Lipinski definition) is 4. The summed E-state index contributed by atoms with van der Waals surface area (Å²) in [6.07, 6.45) is 1.42. The minimum Gasteiger partial charge on any atom is -0.438 e. The van der Waals surface area contributed by atoms with Crippen LogP contribution in [0.4, 0.5) is 0 Å². The Morgan fingerprint density at radius 1 is 1.24 bits per heavy atom. The van der Waals surface area contributed by atoms with E-state index in [9.17, 15) is 0 Å². The monoisotopic (exact) mass is 302 g/mol. The molecular weight excluding hydrogens is 288 g/mol. The van der Waals surface area contributed by atoms with E-state index in [-0.39, 0.29) is 0 Å². The molecule has 0 aliphatic carbocycles. The summed E-state index contributed by atoms with van der Waals surface area (Å²) in [6, 6.07) is 7.82. The third-order valence-corrected chi connectivity index (χ3v) is 3.47. The second-order valence-electron chi connectivity index (χ2n) is 5.17. The van der Waals surface area contributed by atoms with Crippen LogP contribution >= 0.6 is 11.6 Å². The first-order valence-electron chi connectivity index (χ1n) is 6.69. The molecule has 0 aliphatic rings. The van der Waals surface area contributed by atoms with Gasteiger partial charge >= 0.3 is 0 Å². The lowest BCUT2D eigenvalue weighted by Gasteiger charge is -2.13. The minimum atomic E-state index is 0.322. The Hall–Kier alpha value is -2.14. The van der Waals surface area contributed by atoms with Crippen LogP contribution in [0, 0.1) is 6.92 Å². The smallest absolute Gasteiger partial charge is 0.256 e. The summed E-state index contributed by atoms with van der Waals surface area (Å²) >= 11 is 6.00. The van der Waals surface area contributed by atoms with Gasteiger partial charge < -0.3 is 4.74 Å². The van der Waals surface area contributed by atoms with E-state index in [1.807, 2.05) is 19.1 Å². The van der Waals surface area contributed by atoms with Crippen LogP contribution in [0.25, 0.3) is 5.78 Å². The van der Waals surface area contributed by atoms with Crippen LogP contribution in [0.3, 0.4) is 0 Å². The Bertz CT molecular complexity index is 797. The highest BCUT2D eigenvalue weighted by molar-refractivity contribution is 6.29. The van der Waals surface area contributed by atoms with Gasteiger partial charge in [-0.15, -0.1) is 0 Å². The summed E-state index contributed by atoms with van der Waals surface area (Å²) in [5, 5.41) is 4.42. The quantitative estimate of drug-likeness (QED) is 0.686. The van der Waals surface area contributed by atoms with Crippen LogP contribution in [0.1, 0.15) is 30.9 Å². The first-order chi connectivity index (χ1) is 10.0. The highest BCUT2D eigenvalue weighted by atomic mass is 35.5. The normalized spacial score (nSPS) is 11.3. The molecule has 0 unspecified atom stereocenters. The second kappa shape index (κ2) is 5.33. The number of benzene rings is 1. The van der Waals surface area contributed by atoms with Crippen molar-refractivity contribution in [3.05, 3.63) is 46.9 Å². The summed E-state index contributed by atoms with van der Waals surface area (Å²) in [4.78, 5) is 8.11. The SMILES string of the molecule is Cc1ccc(C(C)C)cc1Oc1cc(Cl)nc2ncnn12.